The number of nitrogens with zero attached hydrogens (tertiary/aromatic N) is 2. The van der Waals surface area contributed by atoms with Gasteiger partial charge in [-0.15, -0.1) is 0 Å². The SMILES string of the molecule is C=CC(=O)Nc1cccc(S(=O)(=O)N2CC[C@@H](NC(=O)c3n[nH]cc3NC(=O)c3c(Cl)cccc3Cl)C2)c1. The summed E-state index contributed by atoms with van der Waals surface area (Å²) in [7, 11) is -3.89. The van der Waals surface area contributed by atoms with Crippen molar-refractivity contribution >= 4 is 62.3 Å². The molecule has 2 aromatic carbocycles. The van der Waals surface area contributed by atoms with Crippen molar-refractivity contribution in [3.05, 3.63) is 82.6 Å². The average Bonchev–Trinajstić information content (AvgIpc) is 3.54. The Kier molecular flexibility index (Phi) is 8.17. The second kappa shape index (κ2) is 11.4. The second-order valence-electron chi connectivity index (χ2n) is 8.24. The highest BCUT2D eigenvalue weighted by molar-refractivity contribution is 7.89. The van der Waals surface area contributed by atoms with Crippen LogP contribution in [0.3, 0.4) is 0 Å². The van der Waals surface area contributed by atoms with Crippen LogP contribution in [0.15, 0.2) is 66.2 Å². The maximum Gasteiger partial charge on any atom is 0.274 e. The second-order valence-corrected chi connectivity index (χ2v) is 11.0. The summed E-state index contributed by atoms with van der Waals surface area (Å²) in [5, 5.41) is 14.6. The lowest BCUT2D eigenvalue weighted by Crippen LogP contribution is -2.39. The zero-order valence-corrected chi connectivity index (χ0v) is 22.0. The van der Waals surface area contributed by atoms with Gasteiger partial charge in [-0.2, -0.15) is 9.40 Å². The molecule has 3 aromatic rings. The molecule has 2 heterocycles. The van der Waals surface area contributed by atoms with Crippen molar-refractivity contribution in [1.29, 1.82) is 0 Å². The van der Waals surface area contributed by atoms with E-state index in [0.717, 1.165) is 6.08 Å². The van der Waals surface area contributed by atoms with Crippen LogP contribution in [0.2, 0.25) is 10.0 Å². The topological polar surface area (TPSA) is 153 Å². The van der Waals surface area contributed by atoms with Gasteiger partial charge in [0.25, 0.3) is 11.8 Å². The zero-order valence-electron chi connectivity index (χ0n) is 19.7. The fourth-order valence-corrected chi connectivity index (χ4v) is 5.97. The summed E-state index contributed by atoms with van der Waals surface area (Å²) in [6.45, 7) is 3.57. The first-order valence-electron chi connectivity index (χ1n) is 11.2. The Balaban J connectivity index is 1.42. The maximum atomic E-state index is 13.2. The first kappa shape index (κ1) is 27.3. The molecule has 0 aliphatic carbocycles. The van der Waals surface area contributed by atoms with Crippen LogP contribution in [0.1, 0.15) is 27.3 Å². The van der Waals surface area contributed by atoms with E-state index < -0.39 is 33.8 Å². The number of hydrogen-bond donors (Lipinski definition) is 4. The molecule has 1 saturated heterocycles. The van der Waals surface area contributed by atoms with Crippen LogP contribution in [0.4, 0.5) is 11.4 Å². The minimum absolute atomic E-state index is 0.00173. The molecule has 0 bridgehead atoms. The molecule has 38 heavy (non-hydrogen) atoms. The average molecular weight is 577 g/mol. The van der Waals surface area contributed by atoms with Crippen molar-refractivity contribution in [3.63, 3.8) is 0 Å². The molecule has 14 heteroatoms. The molecule has 1 atom stereocenters. The van der Waals surface area contributed by atoms with Crippen LogP contribution >= 0.6 is 23.2 Å². The number of aromatic nitrogens is 2. The van der Waals surface area contributed by atoms with Crippen LogP contribution in [0.25, 0.3) is 0 Å². The summed E-state index contributed by atoms with van der Waals surface area (Å²) in [4.78, 5) is 37.2. The normalized spacial score (nSPS) is 15.6. The summed E-state index contributed by atoms with van der Waals surface area (Å²) in [5.41, 5.74) is 0.372. The van der Waals surface area contributed by atoms with Crippen molar-refractivity contribution in [2.45, 2.75) is 17.4 Å². The summed E-state index contributed by atoms with van der Waals surface area (Å²) >= 11 is 12.2. The molecule has 1 aromatic heterocycles. The first-order valence-corrected chi connectivity index (χ1v) is 13.4. The van der Waals surface area contributed by atoms with Crippen LogP contribution in [-0.2, 0) is 14.8 Å². The fraction of sp³-hybridized carbons (Fsp3) is 0.167. The molecule has 1 fully saturated rings. The number of anilines is 2. The number of carbonyl (C=O) groups excluding carboxylic acids is 3. The minimum Gasteiger partial charge on any atom is -0.346 e. The van der Waals surface area contributed by atoms with E-state index in [-0.39, 0.29) is 45.0 Å². The molecule has 3 amide bonds. The molecule has 1 aliphatic heterocycles. The van der Waals surface area contributed by atoms with Crippen molar-refractivity contribution < 1.29 is 22.8 Å². The van der Waals surface area contributed by atoms with Crippen molar-refractivity contribution in [1.82, 2.24) is 19.8 Å². The predicted octanol–water partition coefficient (Wildman–Crippen LogP) is 3.29. The summed E-state index contributed by atoms with van der Waals surface area (Å²) in [6, 6.07) is 9.98. The van der Waals surface area contributed by atoms with E-state index in [2.05, 4.69) is 32.7 Å². The van der Waals surface area contributed by atoms with Gasteiger partial charge in [0.1, 0.15) is 0 Å². The molecular formula is C24H22Cl2N6O5S. The van der Waals surface area contributed by atoms with Gasteiger partial charge in [-0.25, -0.2) is 8.42 Å². The molecule has 0 unspecified atom stereocenters. The third kappa shape index (κ3) is 5.89. The molecular weight excluding hydrogens is 555 g/mol. The third-order valence-corrected chi connectivity index (χ3v) is 8.20. The lowest BCUT2D eigenvalue weighted by molar-refractivity contribution is -0.111. The smallest absolute Gasteiger partial charge is 0.274 e. The van der Waals surface area contributed by atoms with Crippen LogP contribution in [0, 0.1) is 0 Å². The maximum absolute atomic E-state index is 13.2. The van der Waals surface area contributed by atoms with Crippen LogP contribution in [-0.4, -0.2) is 59.8 Å². The molecule has 4 rings (SSSR count). The van der Waals surface area contributed by atoms with Crippen LogP contribution < -0.4 is 16.0 Å². The zero-order chi connectivity index (χ0) is 27.4. The molecule has 11 nitrogen and oxygen atoms in total. The van der Waals surface area contributed by atoms with E-state index in [0.29, 0.717) is 12.1 Å². The number of carbonyl (C=O) groups is 3. The van der Waals surface area contributed by atoms with E-state index >= 15 is 0 Å². The molecule has 0 saturated carbocycles. The van der Waals surface area contributed by atoms with Gasteiger partial charge >= 0.3 is 0 Å². The standard InChI is InChI=1S/C24H22Cl2N6O5S/c1-2-20(33)28-14-5-3-6-16(11-14)38(36,37)32-10-9-15(13-32)29-24(35)22-19(12-27-31-22)30-23(34)21-17(25)7-4-8-18(21)26/h2-8,11-12,15H,1,9-10,13H2,(H,27,31)(H,28,33)(H,29,35)(H,30,34)/t15-/m1/s1. The van der Waals surface area contributed by atoms with Crippen LogP contribution in [0.5, 0.6) is 0 Å². The Morgan fingerprint density at radius 3 is 2.50 bits per heavy atom. The Morgan fingerprint density at radius 2 is 1.79 bits per heavy atom. The largest absolute Gasteiger partial charge is 0.346 e. The lowest BCUT2D eigenvalue weighted by Gasteiger charge is -2.18. The van der Waals surface area contributed by atoms with Gasteiger partial charge < -0.3 is 16.0 Å². The van der Waals surface area contributed by atoms with Gasteiger partial charge in [0.2, 0.25) is 15.9 Å². The van der Waals surface area contributed by atoms with Gasteiger partial charge in [-0.05, 0) is 42.8 Å². The first-order chi connectivity index (χ1) is 18.1. The molecule has 198 valence electrons. The molecule has 1 aliphatic rings. The molecule has 0 spiro atoms. The number of amides is 3. The van der Waals surface area contributed by atoms with Crippen molar-refractivity contribution in [3.8, 4) is 0 Å². The Morgan fingerprint density at radius 1 is 1.08 bits per heavy atom. The Bertz CT molecular complexity index is 1500. The van der Waals surface area contributed by atoms with Gasteiger partial charge in [-0.1, -0.05) is 41.9 Å². The lowest BCUT2D eigenvalue weighted by atomic mass is 10.2. The minimum atomic E-state index is -3.89. The number of H-pyrrole nitrogens is 1. The van der Waals surface area contributed by atoms with E-state index in [1.807, 2.05) is 0 Å². The molecule has 4 N–H and O–H groups in total. The van der Waals surface area contributed by atoms with Crippen molar-refractivity contribution in [2.75, 3.05) is 23.7 Å². The quantitative estimate of drug-likeness (QED) is 0.302. The predicted molar refractivity (Wildman–Crippen MR) is 143 cm³/mol. The number of aromatic amines is 1. The Labute approximate surface area is 228 Å². The van der Waals surface area contributed by atoms with E-state index in [1.54, 1.807) is 12.1 Å². The van der Waals surface area contributed by atoms with Gasteiger partial charge in [-0.3, -0.25) is 19.5 Å². The van der Waals surface area contributed by atoms with Gasteiger partial charge in [0.15, 0.2) is 5.69 Å². The highest BCUT2D eigenvalue weighted by Crippen LogP contribution is 2.26. The highest BCUT2D eigenvalue weighted by Gasteiger charge is 2.34. The number of halogens is 2. The number of nitrogens with one attached hydrogen (secondary N) is 4. The van der Waals surface area contributed by atoms with E-state index in [9.17, 15) is 22.8 Å². The highest BCUT2D eigenvalue weighted by atomic mass is 35.5. The van der Waals surface area contributed by atoms with E-state index in [1.165, 1.54) is 40.8 Å². The van der Waals surface area contributed by atoms with E-state index in [4.69, 9.17) is 23.2 Å². The summed E-state index contributed by atoms with van der Waals surface area (Å²) in [6.07, 6.45) is 2.78. The summed E-state index contributed by atoms with van der Waals surface area (Å²) < 4.78 is 27.6. The summed E-state index contributed by atoms with van der Waals surface area (Å²) in [5.74, 6) is -1.70. The monoisotopic (exact) mass is 576 g/mol. The van der Waals surface area contributed by atoms with Gasteiger partial charge in [0, 0.05) is 31.0 Å². The number of hydrogen-bond acceptors (Lipinski definition) is 6. The molecule has 0 radical (unpaired) electrons. The third-order valence-electron chi connectivity index (χ3n) is 5.70. The fourth-order valence-electron chi connectivity index (χ4n) is 3.85. The number of rotatable bonds is 8. The number of sulfonamides is 1. The van der Waals surface area contributed by atoms with Gasteiger partial charge in [0.05, 0.1) is 26.2 Å². The number of benzene rings is 2. The Hall–Kier alpha value is -3.71. The van der Waals surface area contributed by atoms with Crippen molar-refractivity contribution in [2.24, 2.45) is 0 Å².